The summed E-state index contributed by atoms with van der Waals surface area (Å²) >= 11 is 1.55. The molecule has 1 fully saturated rings. The number of thioether (sulfide) groups is 1. The summed E-state index contributed by atoms with van der Waals surface area (Å²) in [7, 11) is 3.24. The van der Waals surface area contributed by atoms with Crippen LogP contribution in [-0.4, -0.2) is 79.5 Å². The number of likely N-dealkylation sites (N-methyl/N-ethyl adjacent to an activating group) is 1. The lowest BCUT2D eigenvalue weighted by molar-refractivity contribution is -0.129. The zero-order valence-corrected chi connectivity index (χ0v) is 21.3. The van der Waals surface area contributed by atoms with Crippen LogP contribution in [0.1, 0.15) is 11.8 Å². The van der Waals surface area contributed by atoms with Crippen LogP contribution in [0.4, 0.5) is 14.5 Å². The second kappa shape index (κ2) is 10.9. The summed E-state index contributed by atoms with van der Waals surface area (Å²) in [5.41, 5.74) is 1.63. The van der Waals surface area contributed by atoms with Crippen molar-refractivity contribution >= 4 is 29.0 Å². The van der Waals surface area contributed by atoms with E-state index < -0.39 is 12.8 Å². The van der Waals surface area contributed by atoms with Gasteiger partial charge in [0.25, 0.3) is 0 Å². The molecule has 2 N–H and O–H groups in total. The predicted octanol–water partition coefficient (Wildman–Crippen LogP) is 2.88. The minimum atomic E-state index is -3.06. The van der Waals surface area contributed by atoms with Crippen molar-refractivity contribution in [1.82, 2.24) is 29.3 Å². The number of fused-ring (bicyclic) bond motifs is 1. The number of anilines is 1. The molecule has 4 heterocycles. The number of amides is 1. The summed E-state index contributed by atoms with van der Waals surface area (Å²) < 4.78 is 39.6. The number of halogens is 2. The van der Waals surface area contributed by atoms with E-state index in [2.05, 4.69) is 20.5 Å². The first-order chi connectivity index (χ1) is 18.3. The molecule has 14 heteroatoms. The van der Waals surface area contributed by atoms with Crippen LogP contribution in [0.3, 0.4) is 0 Å². The van der Waals surface area contributed by atoms with E-state index in [0.29, 0.717) is 30.1 Å². The van der Waals surface area contributed by atoms with Gasteiger partial charge in [-0.05, 0) is 24.3 Å². The summed E-state index contributed by atoms with van der Waals surface area (Å²) in [5, 5.41) is 23.0. The number of aliphatic hydroxyl groups excluding tert-OH is 1. The minimum absolute atomic E-state index is 0.0893. The Morgan fingerprint density at radius 3 is 2.89 bits per heavy atom. The molecule has 1 aliphatic heterocycles. The Bertz CT molecular complexity index is 1440. The number of alkyl halides is 2. The van der Waals surface area contributed by atoms with Gasteiger partial charge in [0.1, 0.15) is 18.0 Å². The standard InChI is InChI=1S/C24H25F2N7O4S/c1-31(2)20(34)11-32-10-18(29-23(35)17-9-28-33-7-3-6-27-22(17)33)21(30-32)16-8-14(38-15-12-36-13-15)4-5-19(16)37-24(25)26/h3-10,15,23-24,29,35H,11-13H2,1-2H3. The van der Waals surface area contributed by atoms with E-state index >= 15 is 0 Å². The summed E-state index contributed by atoms with van der Waals surface area (Å²) in [6.45, 7) is -1.96. The zero-order valence-electron chi connectivity index (χ0n) is 20.5. The number of hydrogen-bond acceptors (Lipinski definition) is 9. The number of ether oxygens (including phenoxy) is 2. The Morgan fingerprint density at radius 2 is 2.18 bits per heavy atom. The van der Waals surface area contributed by atoms with Gasteiger partial charge >= 0.3 is 6.61 Å². The molecular weight excluding hydrogens is 520 g/mol. The predicted molar refractivity (Wildman–Crippen MR) is 135 cm³/mol. The average molecular weight is 546 g/mol. The molecule has 1 saturated heterocycles. The fourth-order valence-corrected chi connectivity index (χ4v) is 4.84. The van der Waals surface area contributed by atoms with Crippen molar-refractivity contribution in [3.8, 4) is 17.0 Å². The lowest BCUT2D eigenvalue weighted by Gasteiger charge is -2.25. The molecule has 5 rings (SSSR count). The van der Waals surface area contributed by atoms with Crippen molar-refractivity contribution in [3.05, 3.63) is 54.6 Å². The number of carbonyl (C=O) groups excluding carboxylic acids is 1. The molecule has 0 aliphatic carbocycles. The number of benzene rings is 1. The Balaban J connectivity index is 1.55. The van der Waals surface area contributed by atoms with E-state index in [1.807, 2.05) is 0 Å². The molecule has 3 aromatic heterocycles. The third-order valence-electron chi connectivity index (χ3n) is 5.78. The highest BCUT2D eigenvalue weighted by atomic mass is 32.2. The molecule has 4 aromatic rings. The normalized spacial score (nSPS) is 14.5. The number of aromatic nitrogens is 5. The number of aliphatic hydroxyl groups is 1. The van der Waals surface area contributed by atoms with Crippen molar-refractivity contribution in [3.63, 3.8) is 0 Å². The van der Waals surface area contributed by atoms with Gasteiger partial charge in [-0.3, -0.25) is 9.48 Å². The van der Waals surface area contributed by atoms with Crippen LogP contribution >= 0.6 is 11.8 Å². The highest BCUT2D eigenvalue weighted by Gasteiger charge is 2.25. The average Bonchev–Trinajstić information content (AvgIpc) is 3.46. The maximum Gasteiger partial charge on any atom is 0.387 e. The molecule has 1 amide bonds. The third kappa shape index (κ3) is 5.56. The number of hydrogen-bond donors (Lipinski definition) is 2. The first-order valence-electron chi connectivity index (χ1n) is 11.6. The second-order valence-corrected chi connectivity index (χ2v) is 10.1. The fourth-order valence-electron chi connectivity index (χ4n) is 3.79. The lowest BCUT2D eigenvalue weighted by atomic mass is 10.1. The van der Waals surface area contributed by atoms with E-state index in [1.54, 1.807) is 56.5 Å². The molecule has 1 atom stereocenters. The molecule has 1 aliphatic rings. The summed E-state index contributed by atoms with van der Waals surface area (Å²) in [4.78, 5) is 18.9. The van der Waals surface area contributed by atoms with Crippen LogP contribution < -0.4 is 10.1 Å². The maximum absolute atomic E-state index is 13.3. The highest BCUT2D eigenvalue weighted by Crippen LogP contribution is 2.40. The lowest BCUT2D eigenvalue weighted by Crippen LogP contribution is -2.30. The maximum atomic E-state index is 13.3. The molecular formula is C24H25F2N7O4S. The van der Waals surface area contributed by atoms with Gasteiger partial charge < -0.3 is 24.8 Å². The molecule has 0 saturated carbocycles. The van der Waals surface area contributed by atoms with Crippen LogP contribution in [0.5, 0.6) is 5.75 Å². The SMILES string of the molecule is CN(C)C(=O)Cn1cc(NC(O)c2cnn3cccnc23)c(-c2cc(SC3COC3)ccc2OC(F)F)n1. The monoisotopic (exact) mass is 545 g/mol. The Kier molecular flexibility index (Phi) is 7.44. The van der Waals surface area contributed by atoms with Gasteiger partial charge in [-0.15, -0.1) is 11.8 Å². The second-order valence-electron chi connectivity index (χ2n) is 8.73. The zero-order chi connectivity index (χ0) is 26.8. The Hall–Kier alpha value is -3.75. The van der Waals surface area contributed by atoms with E-state index in [1.165, 1.54) is 32.6 Å². The van der Waals surface area contributed by atoms with E-state index in [0.717, 1.165) is 4.90 Å². The largest absolute Gasteiger partial charge is 0.434 e. The van der Waals surface area contributed by atoms with Gasteiger partial charge in [0, 0.05) is 43.1 Å². The fraction of sp³-hybridized carbons (Fsp3) is 0.333. The number of nitrogens with zero attached hydrogens (tertiary/aromatic N) is 6. The van der Waals surface area contributed by atoms with Gasteiger partial charge in [-0.2, -0.15) is 19.0 Å². The van der Waals surface area contributed by atoms with Crippen LogP contribution in [0, 0.1) is 0 Å². The van der Waals surface area contributed by atoms with Crippen molar-refractivity contribution in [2.45, 2.75) is 29.5 Å². The van der Waals surface area contributed by atoms with Crippen molar-refractivity contribution in [2.75, 3.05) is 32.6 Å². The van der Waals surface area contributed by atoms with Gasteiger partial charge in [-0.25, -0.2) is 9.50 Å². The Morgan fingerprint density at radius 1 is 1.37 bits per heavy atom. The number of rotatable bonds is 10. The first kappa shape index (κ1) is 25.9. The molecule has 1 aromatic carbocycles. The van der Waals surface area contributed by atoms with Crippen LogP contribution in [-0.2, 0) is 16.1 Å². The topological polar surface area (TPSA) is 119 Å². The van der Waals surface area contributed by atoms with E-state index in [4.69, 9.17) is 9.47 Å². The van der Waals surface area contributed by atoms with Gasteiger partial charge in [0.2, 0.25) is 5.91 Å². The minimum Gasteiger partial charge on any atom is -0.434 e. The van der Waals surface area contributed by atoms with E-state index in [9.17, 15) is 18.7 Å². The molecule has 200 valence electrons. The Labute approximate surface area is 220 Å². The van der Waals surface area contributed by atoms with Crippen molar-refractivity contribution < 1.29 is 28.2 Å². The molecule has 1 unspecified atom stereocenters. The molecule has 0 radical (unpaired) electrons. The molecule has 0 bridgehead atoms. The van der Waals surface area contributed by atoms with Gasteiger partial charge in [-0.1, -0.05) is 0 Å². The van der Waals surface area contributed by atoms with Crippen LogP contribution in [0.15, 0.2) is 53.9 Å². The number of carbonyl (C=O) groups is 1. The summed E-state index contributed by atoms with van der Waals surface area (Å²) in [6, 6.07) is 6.57. The first-order valence-corrected chi connectivity index (χ1v) is 12.5. The highest BCUT2D eigenvalue weighted by molar-refractivity contribution is 8.00. The quantitative estimate of drug-likeness (QED) is 0.290. The van der Waals surface area contributed by atoms with Crippen molar-refractivity contribution in [1.29, 1.82) is 0 Å². The molecule has 11 nitrogen and oxygen atoms in total. The smallest absolute Gasteiger partial charge is 0.387 e. The van der Waals surface area contributed by atoms with Crippen LogP contribution in [0.25, 0.3) is 16.9 Å². The van der Waals surface area contributed by atoms with Gasteiger partial charge in [0.15, 0.2) is 11.9 Å². The van der Waals surface area contributed by atoms with E-state index in [-0.39, 0.29) is 34.7 Å². The van der Waals surface area contributed by atoms with Gasteiger partial charge in [0.05, 0.1) is 35.9 Å². The molecule has 0 spiro atoms. The third-order valence-corrected chi connectivity index (χ3v) is 6.92. The molecule has 38 heavy (non-hydrogen) atoms. The summed E-state index contributed by atoms with van der Waals surface area (Å²) in [5.74, 6) is -0.315. The summed E-state index contributed by atoms with van der Waals surface area (Å²) in [6.07, 6.45) is 5.01. The van der Waals surface area contributed by atoms with Crippen molar-refractivity contribution in [2.24, 2.45) is 0 Å². The van der Waals surface area contributed by atoms with Crippen LogP contribution in [0.2, 0.25) is 0 Å². The number of nitrogens with one attached hydrogen (secondary N) is 1.